The predicted octanol–water partition coefficient (Wildman–Crippen LogP) is 6.11. The van der Waals surface area contributed by atoms with Crippen molar-refractivity contribution in [1.29, 1.82) is 0 Å². The second-order valence-electron chi connectivity index (χ2n) is 5.37. The van der Waals surface area contributed by atoms with E-state index in [1.165, 1.54) is 0 Å². The summed E-state index contributed by atoms with van der Waals surface area (Å²) in [6, 6.07) is 0. The average Bonchev–Trinajstić information content (AvgIpc) is 2.43. The van der Waals surface area contributed by atoms with Gasteiger partial charge in [0.2, 0.25) is 0 Å². The minimum absolute atomic E-state index is 0.645. The molecular formula is C10H5F17IN. The Bertz CT molecular complexity index is 592. The number of hydrogen-bond donors (Lipinski definition) is 1. The van der Waals surface area contributed by atoms with Crippen molar-refractivity contribution in [2.24, 2.45) is 5.73 Å². The molecule has 0 aromatic carbocycles. The molecule has 19 heteroatoms. The smallest absolute Gasteiger partial charge is 0.319 e. The molecule has 176 valence electrons. The molecule has 0 fully saturated rings. The van der Waals surface area contributed by atoms with E-state index in [2.05, 4.69) is 5.73 Å². The molecule has 0 heterocycles. The van der Waals surface area contributed by atoms with E-state index in [0.717, 1.165) is 0 Å². The summed E-state index contributed by atoms with van der Waals surface area (Å²) in [5.74, 6) is -56.1. The van der Waals surface area contributed by atoms with Crippen molar-refractivity contribution in [2.45, 2.75) is 58.1 Å². The van der Waals surface area contributed by atoms with Crippen LogP contribution in [0, 0.1) is 0 Å². The third kappa shape index (κ3) is 3.92. The Morgan fingerprint density at radius 2 is 0.724 bits per heavy atom. The summed E-state index contributed by atoms with van der Waals surface area (Å²) < 4.78 is 216. The topological polar surface area (TPSA) is 26.0 Å². The molecule has 0 aliphatic heterocycles. The van der Waals surface area contributed by atoms with Crippen LogP contribution in [0.2, 0.25) is 0 Å². The summed E-state index contributed by atoms with van der Waals surface area (Å²) >= 11 is 0.645. The van der Waals surface area contributed by atoms with Gasteiger partial charge in [-0.15, -0.1) is 0 Å². The van der Waals surface area contributed by atoms with Gasteiger partial charge in [-0.05, 0) is 0 Å². The Morgan fingerprint density at radius 1 is 0.483 bits per heavy atom. The van der Waals surface area contributed by atoms with Crippen molar-refractivity contribution in [3.8, 4) is 0 Å². The number of alkyl halides is 18. The van der Waals surface area contributed by atoms with Gasteiger partial charge in [0, 0.05) is 6.42 Å². The van der Waals surface area contributed by atoms with Crippen LogP contribution in [-0.4, -0.2) is 51.7 Å². The fourth-order valence-corrected chi connectivity index (χ4v) is 2.12. The molecule has 2 N–H and O–H groups in total. The van der Waals surface area contributed by atoms with Crippen LogP contribution in [0.4, 0.5) is 74.6 Å². The van der Waals surface area contributed by atoms with Crippen LogP contribution in [-0.2, 0) is 0 Å². The fraction of sp³-hybridized carbons (Fsp3) is 1.00. The Labute approximate surface area is 161 Å². The highest BCUT2D eigenvalue weighted by molar-refractivity contribution is 14.1. The quantitative estimate of drug-likeness (QED) is 0.158. The molecule has 0 rings (SSSR count). The summed E-state index contributed by atoms with van der Waals surface area (Å²) in [5, 5.41) is 0. The highest BCUT2D eigenvalue weighted by atomic mass is 127. The van der Waals surface area contributed by atoms with Gasteiger partial charge in [-0.2, -0.15) is 74.6 Å². The first-order valence-electron chi connectivity index (χ1n) is 6.28. The van der Waals surface area contributed by atoms with Crippen molar-refractivity contribution >= 4 is 22.6 Å². The summed E-state index contributed by atoms with van der Waals surface area (Å²) in [7, 11) is 0. The van der Waals surface area contributed by atoms with Crippen molar-refractivity contribution in [3.63, 3.8) is 0 Å². The van der Waals surface area contributed by atoms with Gasteiger partial charge in [0.15, 0.2) is 0 Å². The van der Waals surface area contributed by atoms with Crippen LogP contribution in [0.5, 0.6) is 0 Å². The van der Waals surface area contributed by atoms with Gasteiger partial charge in [-0.3, -0.25) is 0 Å². The van der Waals surface area contributed by atoms with Crippen LogP contribution in [0.15, 0.2) is 0 Å². The first kappa shape index (κ1) is 28.5. The van der Waals surface area contributed by atoms with Gasteiger partial charge in [0.1, 0.15) is 0 Å². The number of halogens is 18. The maximum Gasteiger partial charge on any atom is 0.460 e. The number of rotatable bonds is 8. The molecule has 1 unspecified atom stereocenters. The molecule has 0 saturated heterocycles. The van der Waals surface area contributed by atoms with Crippen LogP contribution < -0.4 is 5.73 Å². The molecule has 0 aliphatic rings. The number of nitrogens with two attached hydrogens (primary N) is 1. The van der Waals surface area contributed by atoms with E-state index in [-0.39, 0.29) is 0 Å². The average molecular weight is 589 g/mol. The Morgan fingerprint density at radius 3 is 0.966 bits per heavy atom. The van der Waals surface area contributed by atoms with E-state index in [9.17, 15) is 74.6 Å². The molecule has 29 heavy (non-hydrogen) atoms. The first-order valence-corrected chi connectivity index (χ1v) is 7.52. The largest absolute Gasteiger partial charge is 0.460 e. The van der Waals surface area contributed by atoms with Gasteiger partial charge in [0.05, 0.1) is 4.05 Å². The molecule has 0 bridgehead atoms. The molecule has 0 aliphatic carbocycles. The molecular weight excluding hydrogens is 584 g/mol. The van der Waals surface area contributed by atoms with E-state index in [4.69, 9.17) is 0 Å². The van der Waals surface area contributed by atoms with Gasteiger partial charge in [-0.25, -0.2) is 0 Å². The molecule has 0 spiro atoms. The number of hydrogen-bond acceptors (Lipinski definition) is 1. The van der Waals surface area contributed by atoms with Gasteiger partial charge in [-0.1, -0.05) is 22.6 Å². The van der Waals surface area contributed by atoms with E-state index < -0.39 is 58.1 Å². The van der Waals surface area contributed by atoms with E-state index in [1.807, 2.05) is 0 Å². The highest BCUT2D eigenvalue weighted by Crippen LogP contribution is 2.64. The zero-order chi connectivity index (χ0) is 24.3. The van der Waals surface area contributed by atoms with E-state index in [0.29, 0.717) is 22.6 Å². The lowest BCUT2D eigenvalue weighted by Crippen LogP contribution is -2.74. The maximum absolute atomic E-state index is 13.3. The summed E-state index contributed by atoms with van der Waals surface area (Å²) in [6.45, 7) is 0. The Hall–Kier alpha value is -0.500. The third-order valence-electron chi connectivity index (χ3n) is 3.24. The second kappa shape index (κ2) is 7.28. The second-order valence-corrected chi connectivity index (χ2v) is 6.97. The van der Waals surface area contributed by atoms with Gasteiger partial charge in [0.25, 0.3) is 0 Å². The Balaban J connectivity index is 6.65. The van der Waals surface area contributed by atoms with Crippen LogP contribution >= 0.6 is 22.6 Å². The van der Waals surface area contributed by atoms with Crippen LogP contribution in [0.25, 0.3) is 0 Å². The molecule has 0 saturated carbocycles. The monoisotopic (exact) mass is 589 g/mol. The highest BCUT2D eigenvalue weighted by Gasteiger charge is 2.95. The molecule has 1 nitrogen and oxygen atoms in total. The van der Waals surface area contributed by atoms with Crippen molar-refractivity contribution in [1.82, 2.24) is 0 Å². The lowest BCUT2D eigenvalue weighted by atomic mass is 9.88. The standard InChI is InChI=1S/C10H5F17IN/c11-3(12,1-2(28)29)4(13,14)5(15,16)6(17,18)7(19,20)8(21,22)9(23,24)10(25,26)27/h2H,1,29H2. The van der Waals surface area contributed by atoms with E-state index >= 15 is 0 Å². The van der Waals surface area contributed by atoms with Crippen molar-refractivity contribution in [3.05, 3.63) is 0 Å². The summed E-state index contributed by atoms with van der Waals surface area (Å²) in [6.07, 6.45) is -10.4. The van der Waals surface area contributed by atoms with Gasteiger partial charge < -0.3 is 5.73 Å². The minimum Gasteiger partial charge on any atom is -0.319 e. The lowest BCUT2D eigenvalue weighted by molar-refractivity contribution is -0.461. The van der Waals surface area contributed by atoms with Crippen molar-refractivity contribution < 1.29 is 74.6 Å². The van der Waals surface area contributed by atoms with Crippen molar-refractivity contribution in [2.75, 3.05) is 0 Å². The van der Waals surface area contributed by atoms with Gasteiger partial charge >= 0.3 is 47.6 Å². The Kier molecular flexibility index (Phi) is 7.16. The summed E-state index contributed by atoms with van der Waals surface area (Å²) in [4.78, 5) is 0. The molecule has 0 aromatic heterocycles. The molecule has 0 amide bonds. The van der Waals surface area contributed by atoms with Crippen LogP contribution in [0.3, 0.4) is 0 Å². The fourth-order valence-electron chi connectivity index (χ4n) is 1.57. The predicted molar refractivity (Wildman–Crippen MR) is 67.3 cm³/mol. The molecule has 0 radical (unpaired) electrons. The normalized spacial score (nSPS) is 17.5. The first-order chi connectivity index (χ1) is 12.2. The lowest BCUT2D eigenvalue weighted by Gasteiger charge is -2.43. The third-order valence-corrected chi connectivity index (χ3v) is 3.68. The summed E-state index contributed by atoms with van der Waals surface area (Å²) in [5.41, 5.74) is 4.54. The maximum atomic E-state index is 13.3. The SMILES string of the molecule is NC(I)CC(F)(F)C(F)(F)C(F)(F)C(F)(F)C(F)(F)C(F)(F)C(F)(F)C(F)(F)F. The van der Waals surface area contributed by atoms with E-state index in [1.54, 1.807) is 0 Å². The minimum atomic E-state index is -8.60. The zero-order valence-corrected chi connectivity index (χ0v) is 14.8. The van der Waals surface area contributed by atoms with Crippen LogP contribution in [0.1, 0.15) is 6.42 Å². The zero-order valence-electron chi connectivity index (χ0n) is 12.7. The molecule has 0 aromatic rings. The molecule has 1 atom stereocenters.